The molecule has 0 aliphatic heterocycles. The van der Waals surface area contributed by atoms with Gasteiger partial charge < -0.3 is 19.7 Å². The summed E-state index contributed by atoms with van der Waals surface area (Å²) in [5, 5.41) is 7.35. The Hall–Kier alpha value is -3.30. The highest BCUT2D eigenvalue weighted by atomic mass is 35.5. The zero-order valence-electron chi connectivity index (χ0n) is 19.9. The molecule has 0 unspecified atom stereocenters. The van der Waals surface area contributed by atoms with Gasteiger partial charge in [-0.25, -0.2) is 4.98 Å². The average molecular weight is 514 g/mol. The molecule has 2 N–H and O–H groups in total. The van der Waals surface area contributed by atoms with Crippen LogP contribution in [0.4, 0.5) is 5.95 Å². The van der Waals surface area contributed by atoms with E-state index >= 15 is 0 Å². The highest BCUT2D eigenvalue weighted by Gasteiger charge is 2.32. The molecule has 4 rings (SSSR count). The largest absolute Gasteiger partial charge is 0.493 e. The standard InChI is InChI=1S/C25H28ClN5O3S/c1-4-27-25(35)31(18-9-10-18)15-23(32)29-24-28-20(16-5-7-17(26)8-6-16)14-30(24)19-11-12-21(33-2)22(13-19)34-3/h5-8,11-14,18H,4,9-10,15H2,1-3H3,(H,27,35)(H,28,29,32). The van der Waals surface area contributed by atoms with E-state index in [4.69, 9.17) is 38.3 Å². The molecule has 1 amide bonds. The van der Waals surface area contributed by atoms with Gasteiger partial charge in [0.25, 0.3) is 0 Å². The monoisotopic (exact) mass is 513 g/mol. The maximum Gasteiger partial charge on any atom is 0.246 e. The topological polar surface area (TPSA) is 80.7 Å². The van der Waals surface area contributed by atoms with Crippen molar-refractivity contribution >= 4 is 40.8 Å². The van der Waals surface area contributed by atoms with Crippen LogP contribution < -0.4 is 20.1 Å². The average Bonchev–Trinajstić information content (AvgIpc) is 3.62. The molecular formula is C25H28ClN5O3S. The van der Waals surface area contributed by atoms with E-state index in [0.29, 0.717) is 45.9 Å². The van der Waals surface area contributed by atoms with Gasteiger partial charge in [0.05, 0.1) is 32.1 Å². The van der Waals surface area contributed by atoms with Gasteiger partial charge in [-0.1, -0.05) is 23.7 Å². The van der Waals surface area contributed by atoms with Gasteiger partial charge >= 0.3 is 0 Å². The number of ether oxygens (including phenoxy) is 2. The normalized spacial score (nSPS) is 12.7. The second kappa shape index (κ2) is 11.0. The summed E-state index contributed by atoms with van der Waals surface area (Å²) in [5.74, 6) is 1.36. The van der Waals surface area contributed by atoms with Crippen LogP contribution in [0.25, 0.3) is 16.9 Å². The molecule has 184 valence electrons. The van der Waals surface area contributed by atoms with Crippen molar-refractivity contribution in [1.82, 2.24) is 19.8 Å². The van der Waals surface area contributed by atoms with Gasteiger partial charge in [-0.3, -0.25) is 14.7 Å². The lowest BCUT2D eigenvalue weighted by Crippen LogP contribution is -2.45. The van der Waals surface area contributed by atoms with Crippen molar-refractivity contribution in [1.29, 1.82) is 0 Å². The summed E-state index contributed by atoms with van der Waals surface area (Å²) in [6.07, 6.45) is 3.92. The van der Waals surface area contributed by atoms with Crippen LogP contribution in [0.1, 0.15) is 19.8 Å². The van der Waals surface area contributed by atoms with E-state index in [1.807, 2.05) is 52.9 Å². The van der Waals surface area contributed by atoms with Crippen molar-refractivity contribution in [2.45, 2.75) is 25.8 Å². The van der Waals surface area contributed by atoms with Gasteiger partial charge in [-0.15, -0.1) is 0 Å². The molecule has 1 aliphatic carbocycles. The Kier molecular flexibility index (Phi) is 7.77. The summed E-state index contributed by atoms with van der Waals surface area (Å²) >= 11 is 11.5. The lowest BCUT2D eigenvalue weighted by molar-refractivity contribution is -0.116. The van der Waals surface area contributed by atoms with E-state index < -0.39 is 0 Å². The number of thiocarbonyl (C=S) groups is 1. The predicted octanol–water partition coefficient (Wildman–Crippen LogP) is 4.51. The summed E-state index contributed by atoms with van der Waals surface area (Å²) in [7, 11) is 3.17. The van der Waals surface area contributed by atoms with Crippen LogP contribution in [0, 0.1) is 0 Å². The van der Waals surface area contributed by atoms with E-state index in [1.54, 1.807) is 26.4 Å². The van der Waals surface area contributed by atoms with Gasteiger partial charge in [-0.2, -0.15) is 0 Å². The van der Waals surface area contributed by atoms with Crippen molar-refractivity contribution in [2.24, 2.45) is 0 Å². The number of benzene rings is 2. The second-order valence-electron chi connectivity index (χ2n) is 8.11. The lowest BCUT2D eigenvalue weighted by atomic mass is 10.2. The van der Waals surface area contributed by atoms with Crippen molar-refractivity contribution in [3.63, 3.8) is 0 Å². The highest BCUT2D eigenvalue weighted by molar-refractivity contribution is 7.80. The number of nitrogens with zero attached hydrogens (tertiary/aromatic N) is 3. The number of rotatable bonds is 9. The number of amides is 1. The first-order valence-electron chi connectivity index (χ1n) is 11.4. The Morgan fingerprint density at radius 2 is 1.89 bits per heavy atom. The van der Waals surface area contributed by atoms with Gasteiger partial charge in [0.15, 0.2) is 16.6 Å². The number of anilines is 1. The highest BCUT2D eigenvalue weighted by Crippen LogP contribution is 2.32. The Morgan fingerprint density at radius 1 is 1.17 bits per heavy atom. The Balaban J connectivity index is 1.66. The molecule has 1 heterocycles. The molecule has 0 spiro atoms. The van der Waals surface area contributed by atoms with Crippen molar-refractivity contribution in [3.8, 4) is 28.4 Å². The fourth-order valence-electron chi connectivity index (χ4n) is 3.72. The summed E-state index contributed by atoms with van der Waals surface area (Å²) < 4.78 is 12.6. The maximum absolute atomic E-state index is 13.1. The first-order valence-corrected chi connectivity index (χ1v) is 12.1. The zero-order chi connectivity index (χ0) is 24.9. The van der Waals surface area contributed by atoms with Gasteiger partial charge in [0.2, 0.25) is 11.9 Å². The third kappa shape index (κ3) is 5.86. The van der Waals surface area contributed by atoms with Gasteiger partial charge in [0, 0.05) is 35.4 Å². The quantitative estimate of drug-likeness (QED) is 0.407. The number of nitrogens with one attached hydrogen (secondary N) is 2. The molecule has 1 aromatic heterocycles. The number of methoxy groups -OCH3 is 2. The van der Waals surface area contributed by atoms with Crippen LogP contribution in [0.15, 0.2) is 48.7 Å². The molecule has 10 heteroatoms. The molecule has 0 bridgehead atoms. The zero-order valence-corrected chi connectivity index (χ0v) is 21.4. The summed E-state index contributed by atoms with van der Waals surface area (Å²) in [6.45, 7) is 2.83. The van der Waals surface area contributed by atoms with Gasteiger partial charge in [0.1, 0.15) is 0 Å². The van der Waals surface area contributed by atoms with E-state index in [9.17, 15) is 4.79 Å². The SMILES string of the molecule is CCNC(=S)N(CC(=O)Nc1nc(-c2ccc(Cl)cc2)cn1-c1ccc(OC)c(OC)c1)C1CC1. The van der Waals surface area contributed by atoms with E-state index in [-0.39, 0.29) is 12.5 Å². The number of halogens is 1. The van der Waals surface area contributed by atoms with Crippen LogP contribution in [0.3, 0.4) is 0 Å². The molecule has 2 aromatic carbocycles. The fraction of sp³-hybridized carbons (Fsp3) is 0.320. The molecule has 3 aromatic rings. The van der Waals surface area contributed by atoms with Crippen LogP contribution in [-0.2, 0) is 4.79 Å². The van der Waals surface area contributed by atoms with Crippen LogP contribution in [0.2, 0.25) is 5.02 Å². The molecule has 35 heavy (non-hydrogen) atoms. The third-order valence-electron chi connectivity index (χ3n) is 5.63. The molecule has 1 saturated carbocycles. The molecule has 0 radical (unpaired) electrons. The maximum atomic E-state index is 13.1. The smallest absolute Gasteiger partial charge is 0.246 e. The number of aromatic nitrogens is 2. The van der Waals surface area contributed by atoms with Gasteiger partial charge in [-0.05, 0) is 56.2 Å². The Bertz CT molecular complexity index is 1210. The fourth-order valence-corrected chi connectivity index (χ4v) is 4.21. The number of carbonyl (C=O) groups excluding carboxylic acids is 1. The summed E-state index contributed by atoms with van der Waals surface area (Å²) in [6, 6.07) is 13.2. The molecule has 0 atom stereocenters. The minimum atomic E-state index is -0.202. The third-order valence-corrected chi connectivity index (χ3v) is 6.26. The Labute approximate surface area is 215 Å². The minimum absolute atomic E-state index is 0.144. The molecule has 0 saturated heterocycles. The van der Waals surface area contributed by atoms with E-state index in [0.717, 1.165) is 24.1 Å². The molecule has 1 aliphatic rings. The van der Waals surface area contributed by atoms with Crippen LogP contribution in [-0.4, -0.2) is 58.8 Å². The number of carbonyl (C=O) groups is 1. The second-order valence-corrected chi connectivity index (χ2v) is 8.93. The number of hydrogen-bond donors (Lipinski definition) is 2. The van der Waals surface area contributed by atoms with Crippen LogP contribution >= 0.6 is 23.8 Å². The summed E-state index contributed by atoms with van der Waals surface area (Å²) in [4.78, 5) is 19.8. The van der Waals surface area contributed by atoms with E-state index in [1.165, 1.54) is 0 Å². The molecule has 8 nitrogen and oxygen atoms in total. The predicted molar refractivity (Wildman–Crippen MR) is 142 cm³/mol. The van der Waals surface area contributed by atoms with Crippen molar-refractivity contribution in [2.75, 3.05) is 32.6 Å². The van der Waals surface area contributed by atoms with E-state index in [2.05, 4.69) is 10.6 Å². The number of imidazole rings is 1. The molecular weight excluding hydrogens is 486 g/mol. The minimum Gasteiger partial charge on any atom is -0.493 e. The Morgan fingerprint density at radius 3 is 2.51 bits per heavy atom. The first kappa shape index (κ1) is 24.8. The lowest BCUT2D eigenvalue weighted by Gasteiger charge is -2.24. The molecule has 1 fully saturated rings. The van der Waals surface area contributed by atoms with Crippen molar-refractivity contribution in [3.05, 3.63) is 53.7 Å². The number of hydrogen-bond acceptors (Lipinski definition) is 5. The summed E-state index contributed by atoms with van der Waals surface area (Å²) in [5.41, 5.74) is 2.32. The van der Waals surface area contributed by atoms with Crippen molar-refractivity contribution < 1.29 is 14.3 Å². The van der Waals surface area contributed by atoms with Crippen LogP contribution in [0.5, 0.6) is 11.5 Å². The first-order chi connectivity index (χ1) is 16.9.